The molecule has 0 saturated carbocycles. The molecule has 0 bridgehead atoms. The number of nitrogens with zero attached hydrogens (tertiary/aromatic N) is 2. The second-order valence-electron chi connectivity index (χ2n) is 5.22. The lowest BCUT2D eigenvalue weighted by Crippen LogP contribution is -2.46. The number of hydrogen-bond acceptors (Lipinski definition) is 3. The molecule has 1 amide bonds. The van der Waals surface area contributed by atoms with Gasteiger partial charge in [-0.2, -0.15) is 4.31 Å². The van der Waals surface area contributed by atoms with Crippen LogP contribution in [0.5, 0.6) is 0 Å². The highest BCUT2D eigenvalue weighted by Gasteiger charge is 2.31. The van der Waals surface area contributed by atoms with Crippen molar-refractivity contribution in [3.05, 3.63) is 29.3 Å². The Morgan fingerprint density at radius 1 is 1.33 bits per heavy atom. The number of hydrogen-bond donors (Lipinski definition) is 0. The number of benzene rings is 1. The fourth-order valence-corrected chi connectivity index (χ4v) is 4.27. The molecule has 7 heteroatoms. The highest BCUT2D eigenvalue weighted by molar-refractivity contribution is 7.89. The van der Waals surface area contributed by atoms with E-state index in [0.29, 0.717) is 31.0 Å². The van der Waals surface area contributed by atoms with Gasteiger partial charge in [0.15, 0.2) is 0 Å². The van der Waals surface area contributed by atoms with Gasteiger partial charge < -0.3 is 4.90 Å². The maximum absolute atomic E-state index is 12.5. The molecular weight excluding hydrogens is 312 g/mol. The quantitative estimate of drug-likeness (QED) is 0.851. The Morgan fingerprint density at radius 3 is 2.48 bits per heavy atom. The number of amides is 1. The number of carbonyl (C=O) groups is 1. The van der Waals surface area contributed by atoms with Crippen LogP contribution in [0.3, 0.4) is 0 Å². The molecule has 1 aromatic rings. The van der Waals surface area contributed by atoms with E-state index in [-0.39, 0.29) is 16.8 Å². The third-order valence-corrected chi connectivity index (χ3v) is 6.03. The van der Waals surface area contributed by atoms with E-state index in [1.165, 1.54) is 17.3 Å². The first-order valence-electron chi connectivity index (χ1n) is 6.81. The minimum atomic E-state index is -3.51. The minimum Gasteiger partial charge on any atom is -0.343 e. The summed E-state index contributed by atoms with van der Waals surface area (Å²) in [6.07, 6.45) is 1.30. The van der Waals surface area contributed by atoms with Gasteiger partial charge >= 0.3 is 0 Å². The summed E-state index contributed by atoms with van der Waals surface area (Å²) in [5.74, 6) is 0.00569. The van der Waals surface area contributed by atoms with Crippen LogP contribution in [0.15, 0.2) is 29.2 Å². The Kier molecular flexibility index (Phi) is 4.91. The lowest BCUT2D eigenvalue weighted by molar-refractivity contribution is -0.130. The highest BCUT2D eigenvalue weighted by atomic mass is 35.5. The Hall–Kier alpha value is -1.11. The van der Waals surface area contributed by atoms with Gasteiger partial charge in [0.25, 0.3) is 0 Å². The van der Waals surface area contributed by atoms with Crippen LogP contribution in [0.4, 0.5) is 0 Å². The molecule has 0 radical (unpaired) electrons. The first-order chi connectivity index (χ1) is 9.82. The van der Waals surface area contributed by atoms with Crippen molar-refractivity contribution in [3.8, 4) is 0 Å². The van der Waals surface area contributed by atoms with Gasteiger partial charge in [-0.3, -0.25) is 4.79 Å². The number of piperidine rings is 1. The van der Waals surface area contributed by atoms with Crippen LogP contribution in [0.2, 0.25) is 5.02 Å². The molecule has 0 aliphatic carbocycles. The molecule has 1 aromatic carbocycles. The van der Waals surface area contributed by atoms with E-state index in [0.717, 1.165) is 0 Å². The number of sulfonamides is 1. The van der Waals surface area contributed by atoms with Crippen molar-refractivity contribution in [3.63, 3.8) is 0 Å². The molecule has 21 heavy (non-hydrogen) atoms. The van der Waals surface area contributed by atoms with Crippen molar-refractivity contribution in [1.29, 1.82) is 0 Å². The molecule has 2 rings (SSSR count). The summed E-state index contributed by atoms with van der Waals surface area (Å²) in [7, 11) is -1.75. The Labute approximate surface area is 130 Å². The summed E-state index contributed by atoms with van der Waals surface area (Å²) < 4.78 is 26.5. The molecule has 1 heterocycles. The third kappa shape index (κ3) is 3.56. The SMILES string of the molecule is CC(=O)N(C)C1CCN(S(=O)(=O)c2cccc(Cl)c2)CC1. The second kappa shape index (κ2) is 6.34. The van der Waals surface area contributed by atoms with Gasteiger partial charge in [0.05, 0.1) is 4.90 Å². The van der Waals surface area contributed by atoms with Gasteiger partial charge in [0, 0.05) is 38.1 Å². The number of carbonyl (C=O) groups excluding carboxylic acids is 1. The summed E-state index contributed by atoms with van der Waals surface area (Å²) in [5, 5.41) is 0.405. The van der Waals surface area contributed by atoms with Crippen LogP contribution in [0.25, 0.3) is 0 Å². The lowest BCUT2D eigenvalue weighted by atomic mass is 10.1. The maximum atomic E-state index is 12.5. The van der Waals surface area contributed by atoms with E-state index in [2.05, 4.69) is 0 Å². The molecule has 0 N–H and O–H groups in total. The second-order valence-corrected chi connectivity index (χ2v) is 7.60. The minimum absolute atomic E-state index is 0.00569. The van der Waals surface area contributed by atoms with Gasteiger partial charge in [-0.25, -0.2) is 8.42 Å². The van der Waals surface area contributed by atoms with Crippen molar-refractivity contribution in [2.75, 3.05) is 20.1 Å². The average Bonchev–Trinajstić information content (AvgIpc) is 2.46. The molecule has 0 aromatic heterocycles. The van der Waals surface area contributed by atoms with Crippen molar-refractivity contribution >= 4 is 27.5 Å². The van der Waals surface area contributed by atoms with Gasteiger partial charge in [0.2, 0.25) is 15.9 Å². The van der Waals surface area contributed by atoms with Crippen LogP contribution in [-0.2, 0) is 14.8 Å². The lowest BCUT2D eigenvalue weighted by Gasteiger charge is -2.35. The van der Waals surface area contributed by atoms with E-state index in [1.807, 2.05) is 0 Å². The van der Waals surface area contributed by atoms with Crippen molar-refractivity contribution in [2.24, 2.45) is 0 Å². The molecule has 1 saturated heterocycles. The predicted molar refractivity (Wildman–Crippen MR) is 81.7 cm³/mol. The zero-order valence-corrected chi connectivity index (χ0v) is 13.7. The average molecular weight is 331 g/mol. The molecule has 1 fully saturated rings. The monoisotopic (exact) mass is 330 g/mol. The molecule has 5 nitrogen and oxygen atoms in total. The zero-order valence-electron chi connectivity index (χ0n) is 12.1. The van der Waals surface area contributed by atoms with Crippen LogP contribution in [-0.4, -0.2) is 49.7 Å². The molecule has 0 unspecified atom stereocenters. The van der Waals surface area contributed by atoms with E-state index in [1.54, 1.807) is 30.1 Å². The van der Waals surface area contributed by atoms with Gasteiger partial charge in [-0.1, -0.05) is 17.7 Å². The standard InChI is InChI=1S/C14H19ClN2O3S/c1-11(18)16(2)13-6-8-17(9-7-13)21(19,20)14-5-3-4-12(15)10-14/h3-5,10,13H,6-9H2,1-2H3. The van der Waals surface area contributed by atoms with Crippen LogP contribution < -0.4 is 0 Å². The fourth-order valence-electron chi connectivity index (χ4n) is 2.50. The summed E-state index contributed by atoms with van der Waals surface area (Å²) in [5.41, 5.74) is 0. The van der Waals surface area contributed by atoms with E-state index in [4.69, 9.17) is 11.6 Å². The summed E-state index contributed by atoms with van der Waals surface area (Å²) in [4.78, 5) is 13.3. The summed E-state index contributed by atoms with van der Waals surface area (Å²) >= 11 is 5.86. The normalized spacial score (nSPS) is 17.7. The van der Waals surface area contributed by atoms with Crippen LogP contribution in [0, 0.1) is 0 Å². The van der Waals surface area contributed by atoms with Gasteiger partial charge in [-0.15, -0.1) is 0 Å². The maximum Gasteiger partial charge on any atom is 0.243 e. The van der Waals surface area contributed by atoms with Crippen molar-refractivity contribution in [1.82, 2.24) is 9.21 Å². The van der Waals surface area contributed by atoms with Crippen LogP contribution >= 0.6 is 11.6 Å². The first kappa shape index (κ1) is 16.3. The molecule has 1 aliphatic heterocycles. The molecule has 0 spiro atoms. The number of halogens is 1. The highest BCUT2D eigenvalue weighted by Crippen LogP contribution is 2.24. The zero-order chi connectivity index (χ0) is 15.6. The smallest absolute Gasteiger partial charge is 0.243 e. The summed E-state index contributed by atoms with van der Waals surface area (Å²) in [6.45, 7) is 2.35. The van der Waals surface area contributed by atoms with Gasteiger partial charge in [0.1, 0.15) is 0 Å². The van der Waals surface area contributed by atoms with Crippen molar-refractivity contribution in [2.45, 2.75) is 30.7 Å². The molecule has 116 valence electrons. The number of rotatable bonds is 3. The van der Waals surface area contributed by atoms with Crippen LogP contribution in [0.1, 0.15) is 19.8 Å². The van der Waals surface area contributed by atoms with E-state index < -0.39 is 10.0 Å². The Balaban J connectivity index is 2.09. The van der Waals surface area contributed by atoms with Crippen molar-refractivity contribution < 1.29 is 13.2 Å². The largest absolute Gasteiger partial charge is 0.343 e. The predicted octanol–water partition coefficient (Wildman–Crippen LogP) is 1.97. The molecule has 0 atom stereocenters. The summed E-state index contributed by atoms with van der Waals surface area (Å²) in [6, 6.07) is 6.40. The van der Waals surface area contributed by atoms with E-state index >= 15 is 0 Å². The Bertz CT molecular complexity index is 625. The Morgan fingerprint density at radius 2 is 1.95 bits per heavy atom. The fraction of sp³-hybridized carbons (Fsp3) is 0.500. The topological polar surface area (TPSA) is 57.7 Å². The third-order valence-electron chi connectivity index (χ3n) is 3.90. The first-order valence-corrected chi connectivity index (χ1v) is 8.63. The molecule has 1 aliphatic rings. The van der Waals surface area contributed by atoms with Gasteiger partial charge in [-0.05, 0) is 31.0 Å². The molecular formula is C14H19ClN2O3S. The van der Waals surface area contributed by atoms with E-state index in [9.17, 15) is 13.2 Å².